The molecule has 0 saturated carbocycles. The van der Waals surface area contributed by atoms with Crippen LogP contribution in [0, 0.1) is 0 Å². The Hall–Kier alpha value is -2.86. The molecule has 2 aliphatic rings. The highest BCUT2D eigenvalue weighted by Gasteiger charge is 2.25. The van der Waals surface area contributed by atoms with Crippen LogP contribution < -0.4 is 4.90 Å². The molecule has 6 heteroatoms. The Morgan fingerprint density at radius 1 is 0.710 bits per heavy atom. The van der Waals surface area contributed by atoms with Crippen molar-refractivity contribution in [3.05, 3.63) is 65.2 Å². The van der Waals surface area contributed by atoms with Gasteiger partial charge in [-0.3, -0.25) is 9.59 Å². The van der Waals surface area contributed by atoms with E-state index in [1.807, 2.05) is 58.3 Å². The molecule has 6 nitrogen and oxygen atoms in total. The van der Waals surface area contributed by atoms with Crippen LogP contribution in [0.4, 0.5) is 5.69 Å². The van der Waals surface area contributed by atoms with Gasteiger partial charge in [0.05, 0.1) is 13.2 Å². The summed E-state index contributed by atoms with van der Waals surface area (Å²) in [6.45, 7) is 9.75. The zero-order chi connectivity index (χ0) is 21.8. The van der Waals surface area contributed by atoms with Crippen LogP contribution in [0.2, 0.25) is 0 Å². The number of ether oxygens (including phenoxy) is 1. The Bertz CT molecular complexity index is 895. The molecule has 2 fully saturated rings. The van der Waals surface area contributed by atoms with Crippen molar-refractivity contribution < 1.29 is 14.3 Å². The summed E-state index contributed by atoms with van der Waals surface area (Å²) in [6.07, 6.45) is 0. The van der Waals surface area contributed by atoms with E-state index in [9.17, 15) is 9.59 Å². The first-order valence-electron chi connectivity index (χ1n) is 11.1. The monoisotopic (exact) mass is 421 g/mol. The van der Waals surface area contributed by atoms with Crippen LogP contribution in [0.25, 0.3) is 0 Å². The molecule has 2 aliphatic heterocycles. The third kappa shape index (κ3) is 4.90. The second-order valence-electron chi connectivity index (χ2n) is 8.51. The maximum Gasteiger partial charge on any atom is 0.253 e. The first-order valence-corrected chi connectivity index (χ1v) is 11.1. The number of morpholine rings is 1. The molecule has 164 valence electrons. The summed E-state index contributed by atoms with van der Waals surface area (Å²) in [5.41, 5.74) is 3.76. The van der Waals surface area contributed by atoms with Crippen molar-refractivity contribution in [1.82, 2.24) is 9.80 Å². The second kappa shape index (κ2) is 9.52. The molecule has 0 N–H and O–H groups in total. The van der Waals surface area contributed by atoms with Crippen molar-refractivity contribution in [3.63, 3.8) is 0 Å². The molecule has 0 bridgehead atoms. The van der Waals surface area contributed by atoms with Gasteiger partial charge in [-0.25, -0.2) is 0 Å². The fourth-order valence-electron chi connectivity index (χ4n) is 4.12. The maximum absolute atomic E-state index is 12.9. The first kappa shape index (κ1) is 21.4. The van der Waals surface area contributed by atoms with Crippen LogP contribution in [-0.2, 0) is 4.74 Å². The molecule has 2 aromatic rings. The summed E-state index contributed by atoms with van der Waals surface area (Å²) in [7, 11) is 0. The number of anilines is 1. The molecule has 4 rings (SSSR count). The average Bonchev–Trinajstić information content (AvgIpc) is 2.84. The van der Waals surface area contributed by atoms with Gasteiger partial charge < -0.3 is 19.4 Å². The summed E-state index contributed by atoms with van der Waals surface area (Å²) in [5, 5.41) is 0. The van der Waals surface area contributed by atoms with E-state index in [0.717, 1.165) is 32.0 Å². The Balaban J connectivity index is 1.32. The largest absolute Gasteiger partial charge is 0.378 e. The number of amides is 2. The van der Waals surface area contributed by atoms with Crippen LogP contribution in [0.1, 0.15) is 46.0 Å². The molecular weight excluding hydrogens is 390 g/mol. The topological polar surface area (TPSA) is 53.1 Å². The zero-order valence-corrected chi connectivity index (χ0v) is 18.4. The normalized spacial score (nSPS) is 17.2. The van der Waals surface area contributed by atoms with E-state index in [-0.39, 0.29) is 11.8 Å². The number of carbonyl (C=O) groups excluding carboxylic acids is 2. The van der Waals surface area contributed by atoms with Crippen LogP contribution in [0.15, 0.2) is 48.5 Å². The smallest absolute Gasteiger partial charge is 0.253 e. The van der Waals surface area contributed by atoms with Crippen molar-refractivity contribution in [2.24, 2.45) is 0 Å². The molecule has 2 aromatic carbocycles. The lowest BCUT2D eigenvalue weighted by molar-refractivity contribution is 0.0535. The average molecular weight is 422 g/mol. The van der Waals surface area contributed by atoms with E-state index in [4.69, 9.17) is 4.74 Å². The lowest BCUT2D eigenvalue weighted by Gasteiger charge is -2.35. The molecule has 0 aliphatic carbocycles. The Kier molecular flexibility index (Phi) is 6.56. The lowest BCUT2D eigenvalue weighted by atomic mass is 10.0. The third-order valence-corrected chi connectivity index (χ3v) is 6.17. The van der Waals surface area contributed by atoms with Gasteiger partial charge in [0.1, 0.15) is 0 Å². The van der Waals surface area contributed by atoms with Crippen LogP contribution in [0.3, 0.4) is 0 Å². The lowest BCUT2D eigenvalue weighted by Crippen LogP contribution is -2.50. The number of carbonyl (C=O) groups is 2. The van der Waals surface area contributed by atoms with Crippen LogP contribution in [0.5, 0.6) is 0 Å². The fraction of sp³-hybridized carbons (Fsp3) is 0.440. The summed E-state index contributed by atoms with van der Waals surface area (Å²) in [6, 6.07) is 15.7. The number of piperazine rings is 1. The molecule has 0 aromatic heterocycles. The van der Waals surface area contributed by atoms with Crippen molar-refractivity contribution in [3.8, 4) is 0 Å². The molecule has 2 amide bonds. The summed E-state index contributed by atoms with van der Waals surface area (Å²) in [5.74, 6) is 0.515. The van der Waals surface area contributed by atoms with E-state index in [1.54, 1.807) is 0 Å². The minimum atomic E-state index is 0.0295. The summed E-state index contributed by atoms with van der Waals surface area (Å²) >= 11 is 0. The van der Waals surface area contributed by atoms with Crippen molar-refractivity contribution in [2.45, 2.75) is 19.8 Å². The first-order chi connectivity index (χ1) is 15.0. The van der Waals surface area contributed by atoms with Crippen molar-refractivity contribution >= 4 is 17.5 Å². The highest BCUT2D eigenvalue weighted by atomic mass is 16.5. The Labute approximate surface area is 184 Å². The highest BCUT2D eigenvalue weighted by molar-refractivity contribution is 5.96. The SMILES string of the molecule is CC(C)c1ccc(C(=O)N2CCN(C(=O)c3ccc(N4CCOCC4)cc3)CC2)cc1. The van der Waals surface area contributed by atoms with E-state index in [2.05, 4.69) is 18.7 Å². The van der Waals surface area contributed by atoms with E-state index in [1.165, 1.54) is 5.56 Å². The van der Waals surface area contributed by atoms with Gasteiger partial charge in [0.2, 0.25) is 0 Å². The van der Waals surface area contributed by atoms with E-state index in [0.29, 0.717) is 43.2 Å². The zero-order valence-electron chi connectivity index (χ0n) is 18.4. The van der Waals surface area contributed by atoms with Gasteiger partial charge in [0.25, 0.3) is 11.8 Å². The third-order valence-electron chi connectivity index (χ3n) is 6.17. The summed E-state index contributed by atoms with van der Waals surface area (Å²) in [4.78, 5) is 31.7. The molecule has 0 radical (unpaired) electrons. The predicted octanol–water partition coefficient (Wildman–Crippen LogP) is 3.24. The molecule has 0 unspecified atom stereocenters. The quantitative estimate of drug-likeness (QED) is 0.761. The molecule has 0 atom stereocenters. The maximum atomic E-state index is 12.9. The van der Waals surface area contributed by atoms with E-state index < -0.39 is 0 Å². The number of hydrogen-bond donors (Lipinski definition) is 0. The van der Waals surface area contributed by atoms with Crippen molar-refractivity contribution in [2.75, 3.05) is 57.4 Å². The number of nitrogens with zero attached hydrogens (tertiary/aromatic N) is 3. The molecule has 2 heterocycles. The van der Waals surface area contributed by atoms with Crippen molar-refractivity contribution in [1.29, 1.82) is 0 Å². The highest BCUT2D eigenvalue weighted by Crippen LogP contribution is 2.19. The Morgan fingerprint density at radius 3 is 1.61 bits per heavy atom. The molecular formula is C25H31N3O3. The van der Waals surface area contributed by atoms with E-state index >= 15 is 0 Å². The fourth-order valence-corrected chi connectivity index (χ4v) is 4.12. The minimum absolute atomic E-state index is 0.0295. The number of hydrogen-bond acceptors (Lipinski definition) is 4. The Morgan fingerprint density at radius 2 is 1.16 bits per heavy atom. The molecule has 2 saturated heterocycles. The minimum Gasteiger partial charge on any atom is -0.378 e. The predicted molar refractivity (Wildman–Crippen MR) is 122 cm³/mol. The van der Waals surface area contributed by atoms with Gasteiger partial charge in [-0.1, -0.05) is 26.0 Å². The number of benzene rings is 2. The summed E-state index contributed by atoms with van der Waals surface area (Å²) < 4.78 is 5.40. The van der Waals surface area contributed by atoms with Gasteiger partial charge in [-0.15, -0.1) is 0 Å². The van der Waals surface area contributed by atoms with Crippen LogP contribution >= 0.6 is 0 Å². The van der Waals surface area contributed by atoms with Gasteiger partial charge in [0, 0.05) is 56.1 Å². The van der Waals surface area contributed by atoms with Gasteiger partial charge in [0.15, 0.2) is 0 Å². The van der Waals surface area contributed by atoms with Gasteiger partial charge >= 0.3 is 0 Å². The second-order valence-corrected chi connectivity index (χ2v) is 8.51. The van der Waals surface area contributed by atoms with Gasteiger partial charge in [-0.2, -0.15) is 0 Å². The van der Waals surface area contributed by atoms with Crippen LogP contribution in [-0.4, -0.2) is 74.1 Å². The standard InChI is InChI=1S/C25H31N3O3/c1-19(2)20-3-5-21(6-4-20)24(29)27-11-13-28(14-12-27)25(30)22-7-9-23(10-8-22)26-15-17-31-18-16-26/h3-10,19H,11-18H2,1-2H3. The molecule has 31 heavy (non-hydrogen) atoms. The number of rotatable bonds is 4. The van der Waals surface area contributed by atoms with Gasteiger partial charge in [-0.05, 0) is 47.9 Å². The molecule has 0 spiro atoms.